The third-order valence-electron chi connectivity index (χ3n) is 3.18. The Balaban J connectivity index is 2.23. The monoisotopic (exact) mass is 262 g/mol. The minimum atomic E-state index is -0.280. The van der Waals surface area contributed by atoms with Gasteiger partial charge in [0.2, 0.25) is 0 Å². The van der Waals surface area contributed by atoms with E-state index in [9.17, 15) is 4.39 Å². The molecule has 102 valence electrons. The molecule has 0 saturated carbocycles. The van der Waals surface area contributed by atoms with Crippen LogP contribution in [0.4, 0.5) is 4.39 Å². The fourth-order valence-electron chi connectivity index (χ4n) is 2.17. The van der Waals surface area contributed by atoms with Crippen LogP contribution in [0.15, 0.2) is 24.5 Å². The van der Waals surface area contributed by atoms with Gasteiger partial charge >= 0.3 is 0 Å². The molecule has 0 bridgehead atoms. The van der Waals surface area contributed by atoms with Crippen molar-refractivity contribution in [3.63, 3.8) is 0 Å². The number of aryl methyl sites for hydroxylation is 1. The summed E-state index contributed by atoms with van der Waals surface area (Å²) in [6.45, 7) is 6.01. The standard InChI is InChI=1S/C14H19FN4/c1-9(2)19-14(17-8-18-19)7-13(16)12-6-11(15)5-4-10(12)3/h4-6,8-9,13H,7,16H2,1-3H3. The van der Waals surface area contributed by atoms with Gasteiger partial charge in [-0.3, -0.25) is 0 Å². The molecule has 2 N–H and O–H groups in total. The highest BCUT2D eigenvalue weighted by Crippen LogP contribution is 2.20. The molecular formula is C14H19FN4. The fraction of sp³-hybridized carbons (Fsp3) is 0.429. The Bertz CT molecular complexity index is 562. The second kappa shape index (κ2) is 5.48. The van der Waals surface area contributed by atoms with Gasteiger partial charge in [0.1, 0.15) is 18.0 Å². The molecule has 5 heteroatoms. The van der Waals surface area contributed by atoms with Gasteiger partial charge in [-0.2, -0.15) is 5.10 Å². The molecule has 1 heterocycles. The van der Waals surface area contributed by atoms with E-state index in [-0.39, 0.29) is 17.9 Å². The molecule has 19 heavy (non-hydrogen) atoms. The Morgan fingerprint density at radius 1 is 1.37 bits per heavy atom. The molecule has 0 fully saturated rings. The summed E-state index contributed by atoms with van der Waals surface area (Å²) < 4.78 is 15.1. The smallest absolute Gasteiger partial charge is 0.138 e. The highest BCUT2D eigenvalue weighted by atomic mass is 19.1. The minimum Gasteiger partial charge on any atom is -0.324 e. The molecule has 1 atom stereocenters. The quantitative estimate of drug-likeness (QED) is 0.921. The second-order valence-electron chi connectivity index (χ2n) is 5.03. The van der Waals surface area contributed by atoms with Gasteiger partial charge in [-0.1, -0.05) is 6.07 Å². The predicted molar refractivity (Wildman–Crippen MR) is 72.2 cm³/mol. The van der Waals surface area contributed by atoms with Crippen molar-refractivity contribution in [3.8, 4) is 0 Å². The summed E-state index contributed by atoms with van der Waals surface area (Å²) in [7, 11) is 0. The van der Waals surface area contributed by atoms with E-state index in [0.717, 1.165) is 17.0 Å². The molecule has 0 spiro atoms. The molecule has 0 radical (unpaired) electrons. The summed E-state index contributed by atoms with van der Waals surface area (Å²) in [5.74, 6) is 0.563. The van der Waals surface area contributed by atoms with Gasteiger partial charge < -0.3 is 5.73 Å². The molecule has 0 amide bonds. The Hall–Kier alpha value is -1.75. The normalized spacial score (nSPS) is 12.9. The summed E-state index contributed by atoms with van der Waals surface area (Å²) in [5, 5.41) is 4.18. The Kier molecular flexibility index (Phi) is 3.95. The maximum absolute atomic E-state index is 13.3. The number of hydrogen-bond donors (Lipinski definition) is 1. The van der Waals surface area contributed by atoms with Crippen LogP contribution in [0, 0.1) is 12.7 Å². The summed E-state index contributed by atoms with van der Waals surface area (Å²) in [6, 6.07) is 4.64. The highest BCUT2D eigenvalue weighted by molar-refractivity contribution is 5.29. The van der Waals surface area contributed by atoms with E-state index in [4.69, 9.17) is 5.73 Å². The third kappa shape index (κ3) is 2.98. The number of halogens is 1. The number of hydrogen-bond acceptors (Lipinski definition) is 3. The van der Waals surface area contributed by atoms with E-state index < -0.39 is 0 Å². The van der Waals surface area contributed by atoms with Crippen LogP contribution in [0.2, 0.25) is 0 Å². The lowest BCUT2D eigenvalue weighted by Gasteiger charge is -2.16. The number of nitrogens with two attached hydrogens (primary N) is 1. The first-order valence-electron chi connectivity index (χ1n) is 6.39. The van der Waals surface area contributed by atoms with E-state index in [1.165, 1.54) is 18.5 Å². The first-order valence-corrected chi connectivity index (χ1v) is 6.39. The van der Waals surface area contributed by atoms with E-state index in [2.05, 4.69) is 10.1 Å². The molecule has 1 unspecified atom stereocenters. The molecule has 1 aromatic carbocycles. The van der Waals surface area contributed by atoms with E-state index in [1.807, 2.05) is 25.5 Å². The van der Waals surface area contributed by atoms with Crippen LogP contribution >= 0.6 is 0 Å². The Morgan fingerprint density at radius 3 is 2.79 bits per heavy atom. The van der Waals surface area contributed by atoms with Crippen LogP contribution in [0.5, 0.6) is 0 Å². The van der Waals surface area contributed by atoms with E-state index in [1.54, 1.807) is 6.07 Å². The van der Waals surface area contributed by atoms with Gasteiger partial charge in [-0.05, 0) is 44.0 Å². The number of nitrogens with zero attached hydrogens (tertiary/aromatic N) is 3. The van der Waals surface area contributed by atoms with Crippen molar-refractivity contribution in [2.45, 2.75) is 39.3 Å². The number of aromatic nitrogens is 3. The summed E-state index contributed by atoms with van der Waals surface area (Å²) in [6.07, 6.45) is 2.07. The van der Waals surface area contributed by atoms with Crippen molar-refractivity contribution in [2.24, 2.45) is 5.73 Å². The van der Waals surface area contributed by atoms with Crippen LogP contribution in [-0.2, 0) is 6.42 Å². The second-order valence-corrected chi connectivity index (χ2v) is 5.03. The largest absolute Gasteiger partial charge is 0.324 e. The highest BCUT2D eigenvalue weighted by Gasteiger charge is 2.15. The molecule has 1 aromatic heterocycles. The van der Waals surface area contributed by atoms with E-state index in [0.29, 0.717) is 6.42 Å². The van der Waals surface area contributed by atoms with Crippen LogP contribution < -0.4 is 5.73 Å². The average Bonchev–Trinajstić information content (AvgIpc) is 2.80. The van der Waals surface area contributed by atoms with Gasteiger partial charge in [-0.25, -0.2) is 14.1 Å². The zero-order valence-corrected chi connectivity index (χ0v) is 11.5. The van der Waals surface area contributed by atoms with Gasteiger partial charge in [-0.15, -0.1) is 0 Å². The number of rotatable bonds is 4. The molecule has 2 aromatic rings. The van der Waals surface area contributed by atoms with Gasteiger partial charge in [0.25, 0.3) is 0 Å². The summed E-state index contributed by atoms with van der Waals surface area (Å²) in [4.78, 5) is 4.23. The minimum absolute atomic E-state index is 0.235. The molecule has 0 aliphatic carbocycles. The number of benzene rings is 1. The topological polar surface area (TPSA) is 56.7 Å². The van der Waals surface area contributed by atoms with E-state index >= 15 is 0 Å². The SMILES string of the molecule is Cc1ccc(F)cc1C(N)Cc1ncnn1C(C)C. The zero-order valence-electron chi connectivity index (χ0n) is 11.5. The zero-order chi connectivity index (χ0) is 14.0. The van der Waals surface area contributed by atoms with Crippen LogP contribution in [0.1, 0.15) is 42.9 Å². The Morgan fingerprint density at radius 2 is 2.11 bits per heavy atom. The first-order chi connectivity index (χ1) is 8.99. The summed E-state index contributed by atoms with van der Waals surface area (Å²) >= 11 is 0. The lowest BCUT2D eigenvalue weighted by atomic mass is 9.99. The van der Waals surface area contributed by atoms with Crippen molar-refractivity contribution >= 4 is 0 Å². The van der Waals surface area contributed by atoms with Gasteiger partial charge in [0, 0.05) is 18.5 Å². The summed E-state index contributed by atoms with van der Waals surface area (Å²) in [5.41, 5.74) is 7.99. The third-order valence-corrected chi connectivity index (χ3v) is 3.18. The van der Waals surface area contributed by atoms with Crippen molar-refractivity contribution in [1.29, 1.82) is 0 Å². The van der Waals surface area contributed by atoms with Crippen LogP contribution in [0.3, 0.4) is 0 Å². The molecule has 4 nitrogen and oxygen atoms in total. The van der Waals surface area contributed by atoms with Crippen LogP contribution in [0.25, 0.3) is 0 Å². The van der Waals surface area contributed by atoms with Crippen molar-refractivity contribution < 1.29 is 4.39 Å². The molecular weight excluding hydrogens is 243 g/mol. The molecule has 0 aliphatic heterocycles. The van der Waals surface area contributed by atoms with Gasteiger partial charge in [0.05, 0.1) is 0 Å². The maximum Gasteiger partial charge on any atom is 0.138 e. The van der Waals surface area contributed by atoms with Crippen LogP contribution in [-0.4, -0.2) is 14.8 Å². The lowest BCUT2D eigenvalue weighted by molar-refractivity contribution is 0.492. The average molecular weight is 262 g/mol. The first kappa shape index (κ1) is 13.7. The molecule has 0 saturated heterocycles. The van der Waals surface area contributed by atoms with Crippen molar-refractivity contribution in [2.75, 3.05) is 0 Å². The predicted octanol–water partition coefficient (Wildman–Crippen LogP) is 2.55. The van der Waals surface area contributed by atoms with Crippen molar-refractivity contribution in [1.82, 2.24) is 14.8 Å². The fourth-order valence-corrected chi connectivity index (χ4v) is 2.17. The molecule has 2 rings (SSSR count). The lowest BCUT2D eigenvalue weighted by Crippen LogP contribution is -2.19. The molecule has 0 aliphatic rings. The van der Waals surface area contributed by atoms with Crippen molar-refractivity contribution in [3.05, 3.63) is 47.3 Å². The Labute approximate surface area is 112 Å². The van der Waals surface area contributed by atoms with Gasteiger partial charge in [0.15, 0.2) is 0 Å². The maximum atomic E-state index is 13.3.